The van der Waals surface area contributed by atoms with Gasteiger partial charge in [0.2, 0.25) is 0 Å². The molecule has 0 amide bonds. The number of carbonyl (C=O) groups is 1. The number of rotatable bonds is 14. The number of hydrogen-bond acceptors (Lipinski definition) is 3. The van der Waals surface area contributed by atoms with E-state index in [1.54, 1.807) is 7.11 Å². The number of aliphatic hydroxyl groups is 1. The molecular formula is C36H70O4. The highest BCUT2D eigenvalue weighted by Gasteiger charge is 2.34. The number of allylic oxidation sites excluding steroid dienone is 2. The number of benzene rings is 1. The van der Waals surface area contributed by atoms with Crippen LogP contribution in [0.1, 0.15) is 145 Å². The lowest BCUT2D eigenvalue weighted by molar-refractivity contribution is -0.137. The second-order valence-electron chi connectivity index (χ2n) is 9.02. The Morgan fingerprint density at radius 1 is 0.925 bits per heavy atom. The van der Waals surface area contributed by atoms with Crippen molar-refractivity contribution in [1.29, 1.82) is 0 Å². The summed E-state index contributed by atoms with van der Waals surface area (Å²) >= 11 is 0. The molecule has 1 saturated carbocycles. The summed E-state index contributed by atoms with van der Waals surface area (Å²) in [6.45, 7) is 20.4. The number of aliphatic carboxylic acids is 1. The number of unbranched alkanes of at least 4 members (excludes halogenated alkanes) is 2. The quantitative estimate of drug-likeness (QED) is 0.174. The van der Waals surface area contributed by atoms with E-state index in [-0.39, 0.29) is 18.6 Å². The third-order valence-corrected chi connectivity index (χ3v) is 6.55. The summed E-state index contributed by atoms with van der Waals surface area (Å²) in [5.74, 6) is 0.141. The van der Waals surface area contributed by atoms with Crippen LogP contribution < -0.4 is 0 Å². The van der Waals surface area contributed by atoms with Crippen molar-refractivity contribution in [1.82, 2.24) is 0 Å². The van der Waals surface area contributed by atoms with Gasteiger partial charge in [-0.3, -0.25) is 4.79 Å². The fraction of sp³-hybridized carbons (Fsp3) is 0.750. The molecule has 4 atom stereocenters. The summed E-state index contributed by atoms with van der Waals surface area (Å²) in [5.41, 5.74) is 1.34. The van der Waals surface area contributed by atoms with E-state index in [2.05, 4.69) is 50.3 Å². The van der Waals surface area contributed by atoms with E-state index in [1.165, 1.54) is 18.4 Å². The number of hydrogen-bond donors (Lipinski definition) is 2. The molecule has 1 aliphatic rings. The van der Waals surface area contributed by atoms with Crippen molar-refractivity contribution in [3.63, 3.8) is 0 Å². The summed E-state index contributed by atoms with van der Waals surface area (Å²) in [6.07, 6.45) is 15.7. The van der Waals surface area contributed by atoms with Crippen LogP contribution in [-0.4, -0.2) is 35.5 Å². The summed E-state index contributed by atoms with van der Waals surface area (Å²) in [4.78, 5) is 10.5. The molecule has 1 unspecified atom stereocenters. The van der Waals surface area contributed by atoms with Crippen molar-refractivity contribution in [3.05, 3.63) is 48.0 Å². The molecule has 0 radical (unpaired) electrons. The molecule has 0 aromatic heterocycles. The van der Waals surface area contributed by atoms with Crippen LogP contribution in [-0.2, 0) is 16.0 Å². The van der Waals surface area contributed by atoms with Crippen LogP contribution in [0.3, 0.4) is 0 Å². The van der Waals surface area contributed by atoms with Crippen LogP contribution in [0.5, 0.6) is 0 Å². The Bertz CT molecular complexity index is 612. The van der Waals surface area contributed by atoms with Gasteiger partial charge in [0.05, 0.1) is 12.2 Å². The summed E-state index contributed by atoms with van der Waals surface area (Å²) in [5, 5.41) is 19.1. The lowest BCUT2D eigenvalue weighted by Crippen LogP contribution is -2.22. The van der Waals surface area contributed by atoms with Gasteiger partial charge in [-0.1, -0.05) is 125 Å². The number of carboxylic acids is 1. The Morgan fingerprint density at radius 3 is 2.00 bits per heavy atom. The molecule has 2 N–H and O–H groups in total. The minimum atomic E-state index is -0.729. The molecule has 0 bridgehead atoms. The van der Waals surface area contributed by atoms with E-state index in [1.807, 2.05) is 61.5 Å². The Balaban J connectivity index is -0.000000469. The van der Waals surface area contributed by atoms with Crippen LogP contribution in [0.15, 0.2) is 42.5 Å². The second-order valence-corrected chi connectivity index (χ2v) is 9.02. The number of carboxylic acid groups (broad SMARTS) is 1. The van der Waals surface area contributed by atoms with Gasteiger partial charge in [-0.15, -0.1) is 0 Å². The van der Waals surface area contributed by atoms with Crippen LogP contribution in [0, 0.1) is 11.8 Å². The zero-order chi connectivity index (χ0) is 31.6. The Hall–Kier alpha value is -1.65. The minimum Gasteiger partial charge on any atom is -0.481 e. The molecule has 1 aromatic carbocycles. The molecule has 1 aliphatic carbocycles. The molecule has 2 rings (SSSR count). The minimum absolute atomic E-state index is 0.197. The average Bonchev–Trinajstić information content (AvgIpc) is 3.38. The molecule has 1 aromatic rings. The number of methoxy groups -OCH3 is 1. The van der Waals surface area contributed by atoms with Crippen LogP contribution in [0.2, 0.25) is 0 Å². The topological polar surface area (TPSA) is 66.8 Å². The largest absolute Gasteiger partial charge is 0.481 e. The van der Waals surface area contributed by atoms with Crippen molar-refractivity contribution in [3.8, 4) is 0 Å². The van der Waals surface area contributed by atoms with Crippen LogP contribution in [0.25, 0.3) is 0 Å². The first-order chi connectivity index (χ1) is 19.5. The van der Waals surface area contributed by atoms with Gasteiger partial charge in [-0.2, -0.15) is 0 Å². The van der Waals surface area contributed by atoms with E-state index in [4.69, 9.17) is 9.84 Å². The molecule has 238 valence electrons. The molecule has 0 aliphatic heterocycles. The SMILES string of the molecule is CC.CC.CC.CC.CCCC.CO[C@@H](CCc1ccccc1)CCC1[C@@H](C/C=C\CCCC(=O)O)CC[C@H]1O. The maximum Gasteiger partial charge on any atom is 0.303 e. The standard InChI is InChI=1S/C24H36O4.C4H10.4C2H6/c1-28-21(15-13-19-9-5-4-6-10-19)16-17-22-20(14-18-23(22)25)11-7-2-3-8-12-24(26)27;1-3-4-2;4*1-2/h2,4-7,9-10,20-23,25H,3,8,11-18H2,1H3,(H,26,27);3-4H2,1-2H3;4*1-2H3/b7-2-;;;;;/t20-,21-,22?,23+;;;;;/m0...../s1. The molecule has 4 nitrogen and oxygen atoms in total. The highest BCUT2D eigenvalue weighted by molar-refractivity contribution is 5.66. The van der Waals surface area contributed by atoms with Crippen molar-refractivity contribution in [2.24, 2.45) is 11.8 Å². The van der Waals surface area contributed by atoms with Gasteiger partial charge >= 0.3 is 5.97 Å². The van der Waals surface area contributed by atoms with Gasteiger partial charge < -0.3 is 14.9 Å². The lowest BCUT2D eigenvalue weighted by Gasteiger charge is -2.24. The fourth-order valence-corrected chi connectivity index (χ4v) is 4.34. The molecule has 40 heavy (non-hydrogen) atoms. The summed E-state index contributed by atoms with van der Waals surface area (Å²) in [7, 11) is 1.79. The zero-order valence-electron chi connectivity index (χ0n) is 28.5. The first kappa shape index (κ1) is 45.3. The smallest absolute Gasteiger partial charge is 0.303 e. The third-order valence-electron chi connectivity index (χ3n) is 6.55. The van der Waals surface area contributed by atoms with Crippen molar-refractivity contribution in [2.45, 2.75) is 158 Å². The lowest BCUT2D eigenvalue weighted by atomic mass is 9.86. The van der Waals surface area contributed by atoms with Gasteiger partial charge in [0.15, 0.2) is 0 Å². The van der Waals surface area contributed by atoms with Crippen molar-refractivity contribution >= 4 is 5.97 Å². The maximum atomic E-state index is 10.5. The van der Waals surface area contributed by atoms with Crippen LogP contribution >= 0.6 is 0 Å². The average molecular weight is 567 g/mol. The highest BCUT2D eigenvalue weighted by atomic mass is 16.5. The number of aryl methyl sites for hydroxylation is 1. The normalized spacial score (nSPS) is 17.6. The Kier molecular flexibility index (Phi) is 42.3. The maximum absolute atomic E-state index is 10.5. The summed E-state index contributed by atoms with van der Waals surface area (Å²) in [6, 6.07) is 10.5. The second kappa shape index (κ2) is 37.4. The Morgan fingerprint density at radius 2 is 1.50 bits per heavy atom. The predicted molar refractivity (Wildman–Crippen MR) is 178 cm³/mol. The molecule has 4 heteroatoms. The molecule has 0 spiro atoms. The Labute approximate surface area is 251 Å². The van der Waals surface area contributed by atoms with E-state index in [0.29, 0.717) is 18.3 Å². The predicted octanol–water partition coefficient (Wildman–Crippen LogP) is 10.9. The third kappa shape index (κ3) is 26.6. The van der Waals surface area contributed by atoms with Gasteiger partial charge in [0, 0.05) is 13.5 Å². The first-order valence-corrected chi connectivity index (χ1v) is 16.6. The van der Waals surface area contributed by atoms with E-state index < -0.39 is 5.97 Å². The fourth-order valence-electron chi connectivity index (χ4n) is 4.34. The molecule has 0 heterocycles. The van der Waals surface area contributed by atoms with Gasteiger partial charge in [-0.25, -0.2) is 0 Å². The van der Waals surface area contributed by atoms with Gasteiger partial charge in [0.25, 0.3) is 0 Å². The molecule has 1 fully saturated rings. The van der Waals surface area contributed by atoms with Crippen molar-refractivity contribution < 1.29 is 19.7 Å². The van der Waals surface area contributed by atoms with Gasteiger partial charge in [0.1, 0.15) is 0 Å². The molecule has 0 saturated heterocycles. The van der Waals surface area contributed by atoms with Gasteiger partial charge in [-0.05, 0) is 75.2 Å². The number of aliphatic hydroxyl groups excluding tert-OH is 1. The van der Waals surface area contributed by atoms with E-state index in [9.17, 15) is 9.90 Å². The monoisotopic (exact) mass is 567 g/mol. The number of ether oxygens (including phenoxy) is 1. The van der Waals surface area contributed by atoms with Crippen molar-refractivity contribution in [2.75, 3.05) is 7.11 Å². The first-order valence-electron chi connectivity index (χ1n) is 16.6. The van der Waals surface area contributed by atoms with Crippen LogP contribution in [0.4, 0.5) is 0 Å². The van der Waals surface area contributed by atoms with E-state index >= 15 is 0 Å². The summed E-state index contributed by atoms with van der Waals surface area (Å²) < 4.78 is 5.70. The zero-order valence-corrected chi connectivity index (χ0v) is 28.5. The highest BCUT2D eigenvalue weighted by Crippen LogP contribution is 2.38. The van der Waals surface area contributed by atoms with E-state index in [0.717, 1.165) is 51.4 Å². The molecular weight excluding hydrogens is 496 g/mol.